The number of nitriles is 1. The lowest BCUT2D eigenvalue weighted by atomic mass is 9.89. The van der Waals surface area contributed by atoms with Crippen LogP contribution < -0.4 is 4.74 Å². The van der Waals surface area contributed by atoms with Gasteiger partial charge in [-0.05, 0) is 59.1 Å². The molecule has 1 rings (SSSR count). The molecule has 1 N–H and O–H groups in total. The Morgan fingerprint density at radius 1 is 1.38 bits per heavy atom. The summed E-state index contributed by atoms with van der Waals surface area (Å²) in [5.41, 5.74) is 2.18. The maximum Gasteiger partial charge on any atom is 0.128 e. The summed E-state index contributed by atoms with van der Waals surface area (Å²) in [5.74, 6) is 0.732. The van der Waals surface area contributed by atoms with Crippen LogP contribution in [-0.4, -0.2) is 17.5 Å². The minimum Gasteiger partial charge on any atom is -0.493 e. The second-order valence-electron chi connectivity index (χ2n) is 5.99. The molecule has 114 valence electrons. The normalized spacial score (nSPS) is 12.0. The van der Waals surface area contributed by atoms with E-state index >= 15 is 0 Å². The van der Waals surface area contributed by atoms with Crippen LogP contribution in [0.1, 0.15) is 51.2 Å². The van der Waals surface area contributed by atoms with E-state index in [9.17, 15) is 0 Å². The summed E-state index contributed by atoms with van der Waals surface area (Å²) in [4.78, 5) is 0. The highest BCUT2D eigenvalue weighted by Crippen LogP contribution is 2.23. The van der Waals surface area contributed by atoms with Crippen molar-refractivity contribution in [2.45, 2.75) is 47.0 Å². The molecule has 0 aromatic heterocycles. The number of unbranched alkanes of at least 4 members (excludes halogenated alkanes) is 1. The molecule has 0 saturated heterocycles. The Balaban J connectivity index is 2.55. The SMILES string of the molecule is C/C(=N/O)c1cc(C)ccc1OCCCCC(C)(C)C#N. The van der Waals surface area contributed by atoms with E-state index in [1.807, 2.05) is 39.0 Å². The molecule has 21 heavy (non-hydrogen) atoms. The first-order chi connectivity index (χ1) is 9.89. The molecule has 0 spiro atoms. The number of aryl methyl sites for hydroxylation is 1. The largest absolute Gasteiger partial charge is 0.493 e. The summed E-state index contributed by atoms with van der Waals surface area (Å²) >= 11 is 0. The average Bonchev–Trinajstić information content (AvgIpc) is 2.47. The van der Waals surface area contributed by atoms with Crippen molar-refractivity contribution in [3.8, 4) is 11.8 Å². The third-order valence-electron chi connectivity index (χ3n) is 3.43. The van der Waals surface area contributed by atoms with E-state index in [-0.39, 0.29) is 5.41 Å². The van der Waals surface area contributed by atoms with Gasteiger partial charge in [0.05, 0.1) is 23.8 Å². The van der Waals surface area contributed by atoms with Crippen LogP contribution in [-0.2, 0) is 0 Å². The van der Waals surface area contributed by atoms with Crippen molar-refractivity contribution in [1.82, 2.24) is 0 Å². The Morgan fingerprint density at radius 2 is 2.10 bits per heavy atom. The Morgan fingerprint density at radius 3 is 2.71 bits per heavy atom. The summed E-state index contributed by atoms with van der Waals surface area (Å²) in [6, 6.07) is 8.13. The standard InChI is InChI=1S/C17H24N2O2/c1-13-7-8-16(15(11-13)14(2)19-20)21-10-6-5-9-17(3,4)12-18/h7-8,11,20H,5-6,9-10H2,1-4H3/b19-14-. The highest BCUT2D eigenvalue weighted by atomic mass is 16.5. The molecule has 0 amide bonds. The molecule has 0 aliphatic carbocycles. The molecule has 0 saturated carbocycles. The minimum atomic E-state index is -0.269. The highest BCUT2D eigenvalue weighted by Gasteiger charge is 2.15. The van der Waals surface area contributed by atoms with Gasteiger partial charge in [0.2, 0.25) is 0 Å². The van der Waals surface area contributed by atoms with Crippen LogP contribution in [0.4, 0.5) is 0 Å². The van der Waals surface area contributed by atoms with Gasteiger partial charge in [0.25, 0.3) is 0 Å². The third kappa shape index (κ3) is 5.47. The van der Waals surface area contributed by atoms with Gasteiger partial charge in [0.1, 0.15) is 5.75 Å². The third-order valence-corrected chi connectivity index (χ3v) is 3.43. The lowest BCUT2D eigenvalue weighted by molar-refractivity contribution is 0.293. The summed E-state index contributed by atoms with van der Waals surface area (Å²) in [6.45, 7) is 8.23. The van der Waals surface area contributed by atoms with E-state index in [0.29, 0.717) is 12.3 Å². The first kappa shape index (κ1) is 17.0. The molecule has 0 aliphatic heterocycles. The Hall–Kier alpha value is -2.02. The molecule has 0 bridgehead atoms. The van der Waals surface area contributed by atoms with Crippen LogP contribution in [0.2, 0.25) is 0 Å². The monoisotopic (exact) mass is 288 g/mol. The molecule has 1 aromatic carbocycles. The molecule has 1 aromatic rings. The highest BCUT2D eigenvalue weighted by molar-refractivity contribution is 6.00. The molecule has 4 nitrogen and oxygen atoms in total. The number of rotatable bonds is 7. The van der Waals surface area contributed by atoms with Crippen molar-refractivity contribution in [1.29, 1.82) is 5.26 Å². The first-order valence-corrected chi connectivity index (χ1v) is 7.23. The van der Waals surface area contributed by atoms with Crippen molar-refractivity contribution >= 4 is 5.71 Å². The van der Waals surface area contributed by atoms with Crippen LogP contribution in [0.5, 0.6) is 5.75 Å². The molecule has 4 heteroatoms. The molecule has 0 radical (unpaired) electrons. The zero-order valence-electron chi connectivity index (χ0n) is 13.3. The Bertz CT molecular complexity index is 542. The number of oxime groups is 1. The molecule has 0 heterocycles. The maximum absolute atomic E-state index is 8.96. The molecular formula is C17H24N2O2. The second-order valence-corrected chi connectivity index (χ2v) is 5.99. The molecule has 0 unspecified atom stereocenters. The fraction of sp³-hybridized carbons (Fsp3) is 0.529. The number of hydrogen-bond acceptors (Lipinski definition) is 4. The first-order valence-electron chi connectivity index (χ1n) is 7.23. The van der Waals surface area contributed by atoms with Crippen molar-refractivity contribution < 1.29 is 9.94 Å². The quantitative estimate of drug-likeness (QED) is 0.352. The molecule has 0 aliphatic rings. The lowest BCUT2D eigenvalue weighted by Gasteiger charge is -2.15. The van der Waals surface area contributed by atoms with E-state index < -0.39 is 0 Å². The smallest absolute Gasteiger partial charge is 0.128 e. The van der Waals surface area contributed by atoms with Crippen LogP contribution in [0.25, 0.3) is 0 Å². The van der Waals surface area contributed by atoms with E-state index in [1.165, 1.54) is 0 Å². The lowest BCUT2D eigenvalue weighted by Crippen LogP contribution is -2.09. The fourth-order valence-electron chi connectivity index (χ4n) is 2.01. The van der Waals surface area contributed by atoms with Gasteiger partial charge >= 0.3 is 0 Å². The van der Waals surface area contributed by atoms with Crippen molar-refractivity contribution in [2.75, 3.05) is 6.61 Å². The summed E-state index contributed by atoms with van der Waals surface area (Å²) in [5, 5.41) is 21.1. The summed E-state index contributed by atoms with van der Waals surface area (Å²) in [6.07, 6.45) is 2.72. The second kappa shape index (κ2) is 7.68. The van der Waals surface area contributed by atoms with E-state index in [0.717, 1.165) is 36.1 Å². The van der Waals surface area contributed by atoms with Crippen molar-refractivity contribution in [2.24, 2.45) is 10.6 Å². The number of hydrogen-bond donors (Lipinski definition) is 1. The van der Waals surface area contributed by atoms with E-state index in [1.54, 1.807) is 6.92 Å². The molecular weight excluding hydrogens is 264 g/mol. The van der Waals surface area contributed by atoms with E-state index in [4.69, 9.17) is 15.2 Å². The fourth-order valence-corrected chi connectivity index (χ4v) is 2.01. The molecule has 0 fully saturated rings. The van der Waals surface area contributed by atoms with Gasteiger partial charge in [-0.15, -0.1) is 0 Å². The topological polar surface area (TPSA) is 65.6 Å². The van der Waals surface area contributed by atoms with Crippen LogP contribution in [0, 0.1) is 23.7 Å². The van der Waals surface area contributed by atoms with Gasteiger partial charge in [-0.1, -0.05) is 16.8 Å². The Kier molecular flexibility index (Phi) is 6.23. The number of nitrogens with zero attached hydrogens (tertiary/aromatic N) is 2. The summed E-state index contributed by atoms with van der Waals surface area (Å²) in [7, 11) is 0. The summed E-state index contributed by atoms with van der Waals surface area (Å²) < 4.78 is 5.79. The van der Waals surface area contributed by atoms with Gasteiger partial charge < -0.3 is 9.94 Å². The van der Waals surface area contributed by atoms with Crippen LogP contribution >= 0.6 is 0 Å². The van der Waals surface area contributed by atoms with Gasteiger partial charge in [0.15, 0.2) is 0 Å². The maximum atomic E-state index is 8.96. The van der Waals surface area contributed by atoms with E-state index in [2.05, 4.69) is 11.2 Å². The van der Waals surface area contributed by atoms with Gasteiger partial charge in [-0.25, -0.2) is 0 Å². The zero-order valence-corrected chi connectivity index (χ0v) is 13.3. The van der Waals surface area contributed by atoms with Crippen molar-refractivity contribution in [3.63, 3.8) is 0 Å². The van der Waals surface area contributed by atoms with Gasteiger partial charge in [-0.3, -0.25) is 0 Å². The minimum absolute atomic E-state index is 0.269. The Labute approximate surface area is 127 Å². The zero-order chi connectivity index (χ0) is 15.9. The molecule has 0 atom stereocenters. The number of ether oxygens (including phenoxy) is 1. The van der Waals surface area contributed by atoms with Crippen LogP contribution in [0.3, 0.4) is 0 Å². The average molecular weight is 288 g/mol. The predicted octanol–water partition coefficient (Wildman–Crippen LogP) is 4.29. The predicted molar refractivity (Wildman–Crippen MR) is 83.9 cm³/mol. The van der Waals surface area contributed by atoms with Crippen LogP contribution in [0.15, 0.2) is 23.4 Å². The van der Waals surface area contributed by atoms with Gasteiger partial charge in [-0.2, -0.15) is 5.26 Å². The van der Waals surface area contributed by atoms with Gasteiger partial charge in [0, 0.05) is 5.56 Å². The van der Waals surface area contributed by atoms with Crippen molar-refractivity contribution in [3.05, 3.63) is 29.3 Å². The number of benzene rings is 1.